The molecule has 4 nitrogen and oxygen atoms in total. The molecule has 0 aromatic heterocycles. The summed E-state index contributed by atoms with van der Waals surface area (Å²) in [6.07, 6.45) is -7.46. The SMILES string of the molecule is Oc1c(C=Nc2ccccc2N=Cc2cccc(C(F)(F)F)c2O)cccc1C(F)(F)F. The lowest BCUT2D eigenvalue weighted by Gasteiger charge is -2.10. The fraction of sp³-hybridized carbons (Fsp3) is 0.0909. The number of aromatic hydroxyl groups is 2. The van der Waals surface area contributed by atoms with E-state index in [4.69, 9.17) is 0 Å². The molecule has 0 atom stereocenters. The van der Waals surface area contributed by atoms with Crippen LogP contribution in [0.3, 0.4) is 0 Å². The molecule has 0 bridgehead atoms. The van der Waals surface area contributed by atoms with Crippen molar-refractivity contribution in [3.63, 3.8) is 0 Å². The zero-order chi connectivity index (χ0) is 23.5. The second-order valence-electron chi connectivity index (χ2n) is 6.49. The average molecular weight is 452 g/mol. The van der Waals surface area contributed by atoms with Crippen LogP contribution in [0.25, 0.3) is 0 Å². The van der Waals surface area contributed by atoms with Gasteiger partial charge in [-0.05, 0) is 36.4 Å². The molecule has 0 unspecified atom stereocenters. The van der Waals surface area contributed by atoms with Gasteiger partial charge < -0.3 is 10.2 Å². The van der Waals surface area contributed by atoms with Crippen molar-refractivity contribution < 1.29 is 36.6 Å². The molecule has 0 amide bonds. The monoisotopic (exact) mass is 452 g/mol. The zero-order valence-electron chi connectivity index (χ0n) is 16.0. The van der Waals surface area contributed by atoms with Gasteiger partial charge in [-0.3, -0.25) is 9.98 Å². The van der Waals surface area contributed by atoms with E-state index in [1.807, 2.05) is 0 Å². The van der Waals surface area contributed by atoms with Gasteiger partial charge in [0.05, 0.1) is 22.5 Å². The van der Waals surface area contributed by atoms with Crippen LogP contribution in [0.1, 0.15) is 22.3 Å². The Hall–Kier alpha value is -3.82. The molecular formula is C22H14F6N2O2. The van der Waals surface area contributed by atoms with Gasteiger partial charge in [-0.1, -0.05) is 24.3 Å². The van der Waals surface area contributed by atoms with Crippen LogP contribution in [0.5, 0.6) is 11.5 Å². The van der Waals surface area contributed by atoms with Crippen molar-refractivity contribution in [1.29, 1.82) is 0 Å². The van der Waals surface area contributed by atoms with E-state index in [-0.39, 0.29) is 22.5 Å². The Morgan fingerprint density at radius 2 is 0.938 bits per heavy atom. The maximum atomic E-state index is 12.9. The molecule has 3 aromatic rings. The molecule has 3 rings (SSSR count). The van der Waals surface area contributed by atoms with Crippen molar-refractivity contribution in [3.8, 4) is 11.5 Å². The number of hydrogen-bond donors (Lipinski definition) is 2. The van der Waals surface area contributed by atoms with Crippen LogP contribution in [-0.4, -0.2) is 22.6 Å². The molecule has 0 radical (unpaired) electrons. The summed E-state index contributed by atoms with van der Waals surface area (Å²) in [6.45, 7) is 0. The molecule has 0 spiro atoms. The highest BCUT2D eigenvalue weighted by molar-refractivity contribution is 5.90. The Kier molecular flexibility index (Phi) is 6.24. The Bertz CT molecular complexity index is 1090. The summed E-state index contributed by atoms with van der Waals surface area (Å²) in [4.78, 5) is 8.09. The predicted octanol–water partition coefficient (Wildman–Crippen LogP) is 6.64. The third kappa shape index (κ3) is 5.08. The number of nitrogens with zero attached hydrogens (tertiary/aromatic N) is 2. The minimum Gasteiger partial charge on any atom is -0.507 e. The molecule has 0 saturated carbocycles. The van der Waals surface area contributed by atoms with E-state index in [0.29, 0.717) is 0 Å². The van der Waals surface area contributed by atoms with Crippen molar-refractivity contribution in [2.24, 2.45) is 9.98 Å². The third-order valence-corrected chi connectivity index (χ3v) is 4.31. The number of hydrogen-bond acceptors (Lipinski definition) is 4. The largest absolute Gasteiger partial charge is 0.507 e. The maximum absolute atomic E-state index is 12.9. The predicted molar refractivity (Wildman–Crippen MR) is 107 cm³/mol. The first-order valence-corrected chi connectivity index (χ1v) is 8.94. The summed E-state index contributed by atoms with van der Waals surface area (Å²) in [5, 5.41) is 19.8. The first kappa shape index (κ1) is 22.9. The van der Waals surface area contributed by atoms with Crippen LogP contribution in [0, 0.1) is 0 Å². The molecule has 0 heterocycles. The zero-order valence-corrected chi connectivity index (χ0v) is 16.0. The fourth-order valence-corrected chi connectivity index (χ4v) is 2.75. The van der Waals surface area contributed by atoms with E-state index in [0.717, 1.165) is 36.7 Å². The lowest BCUT2D eigenvalue weighted by Crippen LogP contribution is -2.06. The Balaban J connectivity index is 1.94. The lowest BCUT2D eigenvalue weighted by molar-refractivity contribution is -0.139. The van der Waals surface area contributed by atoms with Gasteiger partial charge in [0.25, 0.3) is 0 Å². The van der Waals surface area contributed by atoms with Gasteiger partial charge in [-0.2, -0.15) is 26.3 Å². The molecular weight excluding hydrogens is 438 g/mol. The van der Waals surface area contributed by atoms with Crippen LogP contribution in [0.4, 0.5) is 37.7 Å². The Morgan fingerprint density at radius 3 is 1.28 bits per heavy atom. The van der Waals surface area contributed by atoms with Crippen molar-refractivity contribution in [1.82, 2.24) is 0 Å². The quantitative estimate of drug-likeness (QED) is 0.344. The van der Waals surface area contributed by atoms with Crippen LogP contribution < -0.4 is 0 Å². The van der Waals surface area contributed by atoms with Gasteiger partial charge in [0, 0.05) is 23.6 Å². The third-order valence-electron chi connectivity index (χ3n) is 4.31. The molecule has 2 N–H and O–H groups in total. The average Bonchev–Trinajstić information content (AvgIpc) is 2.71. The second kappa shape index (κ2) is 8.74. The molecule has 0 saturated heterocycles. The summed E-state index contributed by atoms with van der Waals surface area (Å²) >= 11 is 0. The van der Waals surface area contributed by atoms with Gasteiger partial charge in [-0.25, -0.2) is 0 Å². The smallest absolute Gasteiger partial charge is 0.419 e. The molecule has 0 fully saturated rings. The Morgan fingerprint density at radius 1 is 0.562 bits per heavy atom. The molecule has 0 aliphatic heterocycles. The minimum atomic E-state index is -4.75. The summed E-state index contributed by atoms with van der Waals surface area (Å²) in [5.41, 5.74) is -2.46. The number of alkyl halides is 6. The van der Waals surface area contributed by atoms with Crippen molar-refractivity contribution in [2.45, 2.75) is 12.4 Å². The van der Waals surface area contributed by atoms with Crippen molar-refractivity contribution in [2.75, 3.05) is 0 Å². The Labute approximate surface area is 177 Å². The van der Waals surface area contributed by atoms with E-state index >= 15 is 0 Å². The lowest BCUT2D eigenvalue weighted by atomic mass is 10.1. The van der Waals surface area contributed by atoms with E-state index in [2.05, 4.69) is 9.98 Å². The molecule has 3 aromatic carbocycles. The van der Waals surface area contributed by atoms with Crippen LogP contribution in [-0.2, 0) is 12.4 Å². The first-order chi connectivity index (χ1) is 15.0. The highest BCUT2D eigenvalue weighted by Crippen LogP contribution is 2.38. The molecule has 0 aliphatic carbocycles. The molecule has 10 heteroatoms. The summed E-state index contributed by atoms with van der Waals surface area (Å²) in [7, 11) is 0. The number of phenolic OH excluding ortho intramolecular Hbond substituents is 2. The van der Waals surface area contributed by atoms with Gasteiger partial charge >= 0.3 is 12.4 Å². The van der Waals surface area contributed by atoms with E-state index in [1.54, 1.807) is 12.1 Å². The second-order valence-corrected chi connectivity index (χ2v) is 6.49. The van der Waals surface area contributed by atoms with Crippen LogP contribution >= 0.6 is 0 Å². The fourth-order valence-electron chi connectivity index (χ4n) is 2.75. The van der Waals surface area contributed by atoms with Gasteiger partial charge in [0.15, 0.2) is 0 Å². The van der Waals surface area contributed by atoms with Crippen molar-refractivity contribution >= 4 is 23.8 Å². The van der Waals surface area contributed by atoms with Gasteiger partial charge in [-0.15, -0.1) is 0 Å². The van der Waals surface area contributed by atoms with E-state index in [9.17, 15) is 36.6 Å². The molecule has 0 aliphatic rings. The highest BCUT2D eigenvalue weighted by atomic mass is 19.4. The molecule has 166 valence electrons. The van der Waals surface area contributed by atoms with Crippen molar-refractivity contribution in [3.05, 3.63) is 82.9 Å². The number of aliphatic imine (C=N–C) groups is 2. The maximum Gasteiger partial charge on any atom is 0.419 e. The topological polar surface area (TPSA) is 65.2 Å². The summed E-state index contributed by atoms with van der Waals surface area (Å²) < 4.78 is 77.6. The van der Waals surface area contributed by atoms with E-state index < -0.39 is 35.0 Å². The standard InChI is InChI=1S/C22H14F6N2O2/c23-21(24,25)15-7-3-5-13(19(15)31)11-29-17-9-1-2-10-18(17)30-12-14-6-4-8-16(20(14)32)22(26,27)28/h1-12,31-32H. The number of benzene rings is 3. The van der Waals surface area contributed by atoms with Gasteiger partial charge in [0.2, 0.25) is 0 Å². The first-order valence-electron chi connectivity index (χ1n) is 8.94. The molecule has 32 heavy (non-hydrogen) atoms. The number of para-hydroxylation sites is 4. The van der Waals surface area contributed by atoms with Gasteiger partial charge in [0.1, 0.15) is 11.5 Å². The summed E-state index contributed by atoms with van der Waals surface area (Å²) in [6, 6.07) is 12.2. The van der Waals surface area contributed by atoms with E-state index in [1.165, 1.54) is 24.3 Å². The number of phenols is 2. The number of halogens is 6. The normalized spacial score (nSPS) is 12.7. The highest BCUT2D eigenvalue weighted by Gasteiger charge is 2.35. The van der Waals surface area contributed by atoms with Crippen LogP contribution in [0.15, 0.2) is 70.6 Å². The van der Waals surface area contributed by atoms with Crippen LogP contribution in [0.2, 0.25) is 0 Å². The minimum absolute atomic E-state index is 0.173. The summed E-state index contributed by atoms with van der Waals surface area (Å²) in [5.74, 6) is -1.97. The number of rotatable bonds is 4.